The smallest absolute Gasteiger partial charge is 0.328 e. The van der Waals surface area contributed by atoms with Gasteiger partial charge in [0.1, 0.15) is 12.1 Å². The molecular formula is C36H58N4O7. The molecule has 11 heteroatoms. The summed E-state index contributed by atoms with van der Waals surface area (Å²) in [5.41, 5.74) is 2.25. The molecule has 1 rings (SSSR count). The number of ether oxygens (including phenoxy) is 2. The Labute approximate surface area is 281 Å². The van der Waals surface area contributed by atoms with Crippen LogP contribution in [0.1, 0.15) is 84.9 Å². The van der Waals surface area contributed by atoms with E-state index >= 15 is 0 Å². The van der Waals surface area contributed by atoms with Crippen LogP contribution in [0.2, 0.25) is 0 Å². The minimum Gasteiger partial charge on any atom is -0.469 e. The van der Waals surface area contributed by atoms with Gasteiger partial charge in [0.25, 0.3) is 0 Å². The molecule has 0 aliphatic carbocycles. The maximum absolute atomic E-state index is 14.2. The molecule has 0 aliphatic rings. The van der Waals surface area contributed by atoms with Crippen molar-refractivity contribution in [1.29, 1.82) is 0 Å². The van der Waals surface area contributed by atoms with Gasteiger partial charge in [-0.1, -0.05) is 83.9 Å². The summed E-state index contributed by atoms with van der Waals surface area (Å²) >= 11 is 0. The number of hydrogen-bond acceptors (Lipinski definition) is 8. The number of esters is 2. The number of hydrogen-bond donors (Lipinski definition) is 3. The van der Waals surface area contributed by atoms with Crippen molar-refractivity contribution in [2.45, 2.75) is 112 Å². The first-order valence-corrected chi connectivity index (χ1v) is 16.1. The third-order valence-electron chi connectivity index (χ3n) is 8.55. The Kier molecular flexibility index (Phi) is 15.3. The van der Waals surface area contributed by atoms with Gasteiger partial charge in [-0.15, -0.1) is 0 Å². The molecule has 1 aromatic carbocycles. The molecule has 0 bridgehead atoms. The Balaban J connectivity index is 3.33. The van der Waals surface area contributed by atoms with Crippen LogP contribution in [0.4, 0.5) is 0 Å². The van der Waals surface area contributed by atoms with Crippen molar-refractivity contribution >= 4 is 29.7 Å². The van der Waals surface area contributed by atoms with Crippen molar-refractivity contribution in [2.24, 2.45) is 11.3 Å². The van der Waals surface area contributed by atoms with Gasteiger partial charge in [0.05, 0.1) is 26.3 Å². The van der Waals surface area contributed by atoms with Gasteiger partial charge >= 0.3 is 11.9 Å². The highest BCUT2D eigenvalue weighted by Gasteiger charge is 2.42. The molecule has 47 heavy (non-hydrogen) atoms. The van der Waals surface area contributed by atoms with Crippen LogP contribution in [0.5, 0.6) is 0 Å². The average Bonchev–Trinajstić information content (AvgIpc) is 2.97. The monoisotopic (exact) mass is 658 g/mol. The molecule has 0 heterocycles. The Bertz CT molecular complexity index is 1290. The highest BCUT2D eigenvalue weighted by atomic mass is 16.5. The lowest BCUT2D eigenvalue weighted by Crippen LogP contribution is -2.61. The Hall–Kier alpha value is -3.73. The topological polar surface area (TPSA) is 143 Å². The van der Waals surface area contributed by atoms with Crippen molar-refractivity contribution in [3.63, 3.8) is 0 Å². The quantitative estimate of drug-likeness (QED) is 0.191. The molecule has 0 aromatic heterocycles. The first-order chi connectivity index (χ1) is 21.6. The van der Waals surface area contributed by atoms with E-state index in [0.717, 1.165) is 16.7 Å². The minimum absolute atomic E-state index is 0.00519. The molecule has 11 nitrogen and oxygen atoms in total. The number of nitrogens with one attached hydrogen (secondary N) is 3. The molecule has 1 unspecified atom stereocenters. The van der Waals surface area contributed by atoms with E-state index in [0.29, 0.717) is 0 Å². The molecule has 3 N–H and O–H groups in total. The highest BCUT2D eigenvalue weighted by molar-refractivity contribution is 5.96. The summed E-state index contributed by atoms with van der Waals surface area (Å²) < 4.78 is 9.45. The number of aryl methyl sites for hydroxylation is 2. The summed E-state index contributed by atoms with van der Waals surface area (Å²) in [4.78, 5) is 66.8. The van der Waals surface area contributed by atoms with Gasteiger partial charge in [0, 0.05) is 24.5 Å². The molecule has 0 fully saturated rings. The summed E-state index contributed by atoms with van der Waals surface area (Å²) in [5, 5.41) is 8.86. The predicted octanol–water partition coefficient (Wildman–Crippen LogP) is 3.74. The van der Waals surface area contributed by atoms with Crippen LogP contribution in [0.25, 0.3) is 0 Å². The normalized spacial score (nSPS) is 14.8. The van der Waals surface area contributed by atoms with Gasteiger partial charge < -0.3 is 30.3 Å². The molecule has 1 aromatic rings. The number of amides is 3. The minimum atomic E-state index is -1.06. The molecule has 0 aliphatic heterocycles. The fraction of sp³-hybridized carbons (Fsp3) is 0.639. The number of likely N-dealkylation sites (N-methyl/N-ethyl adjacent to an activating group) is 2. The van der Waals surface area contributed by atoms with E-state index in [1.807, 2.05) is 62.3 Å². The SMILES string of the molecule is CN[C@H](C(=O)NC(C(=O)N(C)[C@H](/C=C(\C)C(=O)N[C@H](CCC(=O)OC)C(=O)OC)C(C)C)C(C)(C)C)C(C)(C)c1cc(C)cc(C)c1. The zero-order chi connectivity index (χ0) is 36.4. The van der Waals surface area contributed by atoms with E-state index in [1.165, 1.54) is 14.2 Å². The van der Waals surface area contributed by atoms with E-state index in [9.17, 15) is 24.0 Å². The lowest BCUT2D eigenvalue weighted by Gasteiger charge is -2.40. The van der Waals surface area contributed by atoms with E-state index in [-0.39, 0.29) is 36.1 Å². The van der Waals surface area contributed by atoms with Crippen molar-refractivity contribution in [3.05, 3.63) is 46.5 Å². The second kappa shape index (κ2) is 17.4. The molecule has 0 saturated carbocycles. The standard InChI is InChI=1S/C36H58N4O7/c1-21(2)27(20-24(5)31(42)38-26(34(45)47-14)15-16-28(41)46-13)40(12)33(44)30(35(6,7)8)39-32(43)29(37-11)36(9,10)25-18-22(3)17-23(4)19-25/h17-21,26-27,29-30,37H,15-16H2,1-14H3,(H,38,42)(H,39,43)/b24-20+/t26-,27-,29-,30?/m1/s1. The lowest BCUT2D eigenvalue weighted by molar-refractivity contribution is -0.146. The Morgan fingerprint density at radius 2 is 1.45 bits per heavy atom. The molecule has 3 amide bonds. The Morgan fingerprint density at radius 1 is 0.894 bits per heavy atom. The van der Waals surface area contributed by atoms with Crippen LogP contribution in [0.15, 0.2) is 29.8 Å². The first kappa shape index (κ1) is 41.3. The summed E-state index contributed by atoms with van der Waals surface area (Å²) in [7, 11) is 5.84. The predicted molar refractivity (Wildman–Crippen MR) is 184 cm³/mol. The van der Waals surface area contributed by atoms with Crippen LogP contribution in [0, 0.1) is 25.2 Å². The number of carbonyl (C=O) groups is 5. The van der Waals surface area contributed by atoms with E-state index < -0.39 is 52.8 Å². The van der Waals surface area contributed by atoms with Crippen LogP contribution in [-0.2, 0) is 38.9 Å². The van der Waals surface area contributed by atoms with Gasteiger partial charge in [-0.25, -0.2) is 4.79 Å². The van der Waals surface area contributed by atoms with E-state index in [1.54, 1.807) is 32.0 Å². The number of benzene rings is 1. The zero-order valence-electron chi connectivity index (χ0n) is 30.9. The summed E-state index contributed by atoms with van der Waals surface area (Å²) in [6, 6.07) is 3.15. The summed E-state index contributed by atoms with van der Waals surface area (Å²) in [6.07, 6.45) is 1.60. The molecular weight excluding hydrogens is 600 g/mol. The van der Waals surface area contributed by atoms with Crippen molar-refractivity contribution in [1.82, 2.24) is 20.9 Å². The zero-order valence-corrected chi connectivity index (χ0v) is 30.9. The first-order valence-electron chi connectivity index (χ1n) is 16.1. The van der Waals surface area contributed by atoms with Gasteiger partial charge in [-0.2, -0.15) is 0 Å². The van der Waals surface area contributed by atoms with Crippen LogP contribution in [0.3, 0.4) is 0 Å². The lowest BCUT2D eigenvalue weighted by atomic mass is 9.76. The molecule has 0 spiro atoms. The maximum Gasteiger partial charge on any atom is 0.328 e. The summed E-state index contributed by atoms with van der Waals surface area (Å²) in [5.74, 6) is -2.46. The van der Waals surface area contributed by atoms with Crippen LogP contribution >= 0.6 is 0 Å². The number of methoxy groups -OCH3 is 2. The van der Waals surface area contributed by atoms with E-state index in [2.05, 4.69) is 38.9 Å². The molecule has 264 valence electrons. The number of rotatable bonds is 15. The van der Waals surface area contributed by atoms with Gasteiger partial charge in [-0.05, 0) is 51.1 Å². The van der Waals surface area contributed by atoms with Crippen molar-refractivity contribution < 1.29 is 33.4 Å². The van der Waals surface area contributed by atoms with Crippen molar-refractivity contribution in [3.8, 4) is 0 Å². The highest BCUT2D eigenvalue weighted by Crippen LogP contribution is 2.30. The van der Waals surface area contributed by atoms with Gasteiger partial charge in [-0.3, -0.25) is 19.2 Å². The second-order valence-electron chi connectivity index (χ2n) is 14.3. The van der Waals surface area contributed by atoms with Crippen LogP contribution in [-0.4, -0.2) is 87.0 Å². The number of nitrogens with zero attached hydrogens (tertiary/aromatic N) is 1. The second-order valence-corrected chi connectivity index (χ2v) is 14.3. The molecule has 0 radical (unpaired) electrons. The average molecular weight is 659 g/mol. The largest absolute Gasteiger partial charge is 0.469 e. The van der Waals surface area contributed by atoms with E-state index in [4.69, 9.17) is 4.74 Å². The third kappa shape index (κ3) is 11.5. The van der Waals surface area contributed by atoms with Crippen molar-refractivity contribution in [2.75, 3.05) is 28.3 Å². The molecule has 0 saturated heterocycles. The summed E-state index contributed by atoms with van der Waals surface area (Å²) in [6.45, 7) is 19.2. The van der Waals surface area contributed by atoms with Crippen LogP contribution < -0.4 is 16.0 Å². The fourth-order valence-corrected chi connectivity index (χ4v) is 5.67. The maximum atomic E-state index is 14.2. The van der Waals surface area contributed by atoms with Gasteiger partial charge in [0.2, 0.25) is 17.7 Å². The molecule has 4 atom stereocenters. The number of carbonyl (C=O) groups excluding carboxylic acids is 5. The third-order valence-corrected chi connectivity index (χ3v) is 8.55. The van der Waals surface area contributed by atoms with Gasteiger partial charge in [0.15, 0.2) is 0 Å². The fourth-order valence-electron chi connectivity index (χ4n) is 5.67. The Morgan fingerprint density at radius 3 is 1.89 bits per heavy atom.